The fraction of sp³-hybridized carbons (Fsp3) is 1.00. The third-order valence-electron chi connectivity index (χ3n) is 1.24. The molecule has 0 aromatic rings. The normalized spacial score (nSPS) is 17.6. The summed E-state index contributed by atoms with van der Waals surface area (Å²) in [4.78, 5) is 8.65. The molecule has 11 heteroatoms. The summed E-state index contributed by atoms with van der Waals surface area (Å²) in [6, 6.07) is 0. The smallest absolute Gasteiger partial charge is 0.324 e. The molecule has 0 radical (unpaired) electrons. The van der Waals surface area contributed by atoms with E-state index in [1.54, 1.807) is 6.92 Å². The number of alkyl halides is 3. The minimum Gasteiger partial charge on any atom is -0.324 e. The first kappa shape index (κ1) is 19.2. The first-order valence-corrected chi connectivity index (χ1v) is 7.69. The third-order valence-corrected chi connectivity index (χ3v) is 2.58. The van der Waals surface area contributed by atoms with Crippen LogP contribution in [0.4, 0.5) is 13.2 Å². The maximum absolute atomic E-state index is 10.7. The van der Waals surface area contributed by atoms with Crippen molar-refractivity contribution in [1.82, 2.24) is 0 Å². The molecule has 0 aliphatic rings. The first-order chi connectivity index (χ1) is 7.20. The number of hydrogen-bond acceptors (Lipinski definition) is 4. The van der Waals surface area contributed by atoms with Gasteiger partial charge in [0.25, 0.3) is 0 Å². The highest BCUT2D eigenvalue weighted by atomic mass is 32.2. The van der Waals surface area contributed by atoms with Gasteiger partial charge in [0.2, 0.25) is 0 Å². The minimum absolute atomic E-state index is 0.120. The van der Waals surface area contributed by atoms with E-state index in [1.807, 2.05) is 6.92 Å². The van der Waals surface area contributed by atoms with Crippen LogP contribution in [0.15, 0.2) is 0 Å². The second-order valence-corrected chi connectivity index (χ2v) is 6.28. The van der Waals surface area contributed by atoms with E-state index in [4.69, 9.17) is 22.4 Å². The van der Waals surface area contributed by atoms with E-state index in [0.29, 0.717) is 0 Å². The van der Waals surface area contributed by atoms with Gasteiger partial charge in [-0.05, 0) is 13.3 Å². The van der Waals surface area contributed by atoms with Crippen LogP contribution in [-0.4, -0.2) is 36.1 Å². The van der Waals surface area contributed by atoms with Crippen molar-refractivity contribution < 1.29 is 40.1 Å². The summed E-state index contributed by atoms with van der Waals surface area (Å²) in [6.07, 6.45) is 0.643. The summed E-state index contributed by atoms with van der Waals surface area (Å²) in [5.41, 5.74) is -5.53. The monoisotopic (exact) mass is 302 g/mol. The molecule has 2 N–H and O–H groups in total. The fourth-order valence-electron chi connectivity index (χ4n) is 0.408. The zero-order valence-corrected chi connectivity index (χ0v) is 11.0. The largest absolute Gasteiger partial charge is 0.522 e. The number of hydrogen-bond donors (Lipinski definition) is 2. The van der Waals surface area contributed by atoms with E-state index in [1.165, 1.54) is 6.66 Å². The molecule has 0 heterocycles. The van der Waals surface area contributed by atoms with Gasteiger partial charge in [-0.3, -0.25) is 9.12 Å². The van der Waals surface area contributed by atoms with Gasteiger partial charge in [-0.2, -0.15) is 21.6 Å². The molecule has 2 atom stereocenters. The zero-order chi connectivity index (χ0) is 14.5. The lowest BCUT2D eigenvalue weighted by molar-refractivity contribution is -0.0510. The Morgan fingerprint density at radius 3 is 1.76 bits per heavy atom. The molecule has 2 unspecified atom stereocenters. The Labute approximate surface area is 97.1 Å². The summed E-state index contributed by atoms with van der Waals surface area (Å²) in [5, 5.41) is 0. The second kappa shape index (κ2) is 6.69. The molecular formula is C6H14F3O6PS. The van der Waals surface area contributed by atoms with Crippen LogP contribution in [-0.2, 0) is 19.2 Å². The van der Waals surface area contributed by atoms with Gasteiger partial charge in [-0.15, -0.1) is 0 Å². The molecule has 106 valence electrons. The lowest BCUT2D eigenvalue weighted by atomic mass is 10.3. The van der Waals surface area contributed by atoms with Gasteiger partial charge in [-0.1, -0.05) is 6.92 Å². The lowest BCUT2D eigenvalue weighted by Gasteiger charge is -2.11. The van der Waals surface area contributed by atoms with Crippen molar-refractivity contribution in [2.45, 2.75) is 31.9 Å². The quantitative estimate of drug-likeness (QED) is 0.470. The summed E-state index contributed by atoms with van der Waals surface area (Å²) in [5.74, 6) is 0. The minimum atomic E-state index is -5.84. The van der Waals surface area contributed by atoms with E-state index >= 15 is 0 Å². The average molecular weight is 302 g/mol. The molecule has 0 aliphatic carbocycles. The Kier molecular flexibility index (Phi) is 7.56. The van der Waals surface area contributed by atoms with Crippen LogP contribution in [0, 0.1) is 0 Å². The topological polar surface area (TPSA) is 101 Å². The molecule has 0 bridgehead atoms. The van der Waals surface area contributed by atoms with Crippen LogP contribution >= 0.6 is 7.60 Å². The number of rotatable bonds is 3. The SMILES string of the molecule is CCC(C)OP(C)(=O)O.O=S(=O)(O)C(F)(F)F. The highest BCUT2D eigenvalue weighted by molar-refractivity contribution is 7.86. The van der Waals surface area contributed by atoms with Crippen molar-refractivity contribution >= 4 is 17.7 Å². The van der Waals surface area contributed by atoms with E-state index in [0.717, 1.165) is 6.42 Å². The molecule has 17 heavy (non-hydrogen) atoms. The van der Waals surface area contributed by atoms with Gasteiger partial charge in [0.15, 0.2) is 0 Å². The zero-order valence-electron chi connectivity index (χ0n) is 9.30. The molecule has 6 nitrogen and oxygen atoms in total. The molecule has 0 amide bonds. The molecule has 0 aromatic heterocycles. The van der Waals surface area contributed by atoms with Crippen molar-refractivity contribution in [2.75, 3.05) is 6.66 Å². The predicted octanol–water partition coefficient (Wildman–Crippen LogP) is 2.01. The molecule has 0 spiro atoms. The van der Waals surface area contributed by atoms with Gasteiger partial charge in [0.1, 0.15) is 0 Å². The third kappa shape index (κ3) is 12.1. The van der Waals surface area contributed by atoms with Gasteiger partial charge < -0.3 is 9.42 Å². The number of halogens is 3. The van der Waals surface area contributed by atoms with Gasteiger partial charge in [0.05, 0.1) is 6.10 Å². The molecule has 0 aromatic carbocycles. The van der Waals surface area contributed by atoms with Crippen LogP contribution in [0.3, 0.4) is 0 Å². The van der Waals surface area contributed by atoms with Crippen LogP contribution in [0.1, 0.15) is 20.3 Å². The standard InChI is InChI=1S/C5H13O3P.CHF3O3S/c1-4-5(2)8-9(3,6)7;2-1(3,4)8(5,6)7/h5H,4H2,1-3H3,(H,6,7);(H,5,6,7). The summed E-state index contributed by atoms with van der Waals surface area (Å²) >= 11 is 0. The summed E-state index contributed by atoms with van der Waals surface area (Å²) in [6.45, 7) is 4.87. The fourth-order valence-corrected chi connectivity index (χ4v) is 1.23. The van der Waals surface area contributed by atoms with Crippen LogP contribution in [0.5, 0.6) is 0 Å². The van der Waals surface area contributed by atoms with Gasteiger partial charge >= 0.3 is 23.2 Å². The second-order valence-electron chi connectivity index (χ2n) is 3.05. The highest BCUT2D eigenvalue weighted by Gasteiger charge is 2.44. The first-order valence-electron chi connectivity index (χ1n) is 4.23. The van der Waals surface area contributed by atoms with Crippen LogP contribution in [0.25, 0.3) is 0 Å². The van der Waals surface area contributed by atoms with Gasteiger partial charge in [0, 0.05) is 6.66 Å². The van der Waals surface area contributed by atoms with Crippen molar-refractivity contribution in [2.24, 2.45) is 0 Å². The Morgan fingerprint density at radius 2 is 1.71 bits per heavy atom. The van der Waals surface area contributed by atoms with E-state index in [2.05, 4.69) is 0 Å². The summed E-state index contributed by atoms with van der Waals surface area (Å²) < 4.78 is 72.8. The Bertz CT molecular complexity index is 358. The van der Waals surface area contributed by atoms with Crippen molar-refractivity contribution in [3.63, 3.8) is 0 Å². The molecular weight excluding hydrogens is 288 g/mol. The van der Waals surface area contributed by atoms with E-state index in [-0.39, 0.29) is 6.10 Å². The van der Waals surface area contributed by atoms with Gasteiger partial charge in [-0.25, -0.2) is 0 Å². The molecule has 0 saturated heterocycles. The maximum Gasteiger partial charge on any atom is 0.522 e. The Morgan fingerprint density at radius 1 is 1.41 bits per heavy atom. The van der Waals surface area contributed by atoms with Crippen molar-refractivity contribution in [3.05, 3.63) is 0 Å². The maximum atomic E-state index is 10.7. The van der Waals surface area contributed by atoms with Crippen molar-refractivity contribution in [1.29, 1.82) is 0 Å². The summed E-state index contributed by atoms with van der Waals surface area (Å²) in [7, 11) is -9.08. The van der Waals surface area contributed by atoms with Crippen molar-refractivity contribution in [3.8, 4) is 0 Å². The molecule has 0 rings (SSSR count). The Balaban J connectivity index is 0. The molecule has 0 fully saturated rings. The Hall–Kier alpha value is -0.150. The predicted molar refractivity (Wildman–Crippen MR) is 54.2 cm³/mol. The van der Waals surface area contributed by atoms with Crippen LogP contribution < -0.4 is 0 Å². The highest BCUT2D eigenvalue weighted by Crippen LogP contribution is 2.38. The van der Waals surface area contributed by atoms with E-state index < -0.39 is 23.2 Å². The average Bonchev–Trinajstić information content (AvgIpc) is 1.98. The molecule has 0 saturated carbocycles. The van der Waals surface area contributed by atoms with Crippen LogP contribution in [0.2, 0.25) is 0 Å². The molecule has 0 aliphatic heterocycles. The van der Waals surface area contributed by atoms with E-state index in [9.17, 15) is 17.7 Å². The lowest BCUT2D eigenvalue weighted by Crippen LogP contribution is -2.21.